The predicted molar refractivity (Wildman–Crippen MR) is 68.5 cm³/mol. The highest BCUT2D eigenvalue weighted by Crippen LogP contribution is 2.40. The maximum Gasteiger partial charge on any atom is 0.209 e. The minimum absolute atomic E-state index is 0.0602. The summed E-state index contributed by atoms with van der Waals surface area (Å²) in [5, 5.41) is 19.7. The minimum Gasteiger partial charge on any atom is -0.390 e. The highest BCUT2D eigenvalue weighted by molar-refractivity contribution is 7.88. The molecular weight excluding hydrogens is 254 g/mol. The molecule has 2 aliphatic carbocycles. The van der Waals surface area contributed by atoms with E-state index in [-0.39, 0.29) is 5.92 Å². The quantitative estimate of drug-likeness (QED) is 0.689. The van der Waals surface area contributed by atoms with Crippen molar-refractivity contribution in [2.45, 2.75) is 56.8 Å². The van der Waals surface area contributed by atoms with Crippen LogP contribution in [0.4, 0.5) is 0 Å². The van der Waals surface area contributed by atoms with E-state index in [0.717, 1.165) is 19.1 Å². The first-order valence-electron chi connectivity index (χ1n) is 6.72. The van der Waals surface area contributed by atoms with Gasteiger partial charge in [-0.1, -0.05) is 32.1 Å². The molecule has 0 unspecified atom stereocenters. The molecule has 0 aromatic rings. The molecule has 4 atom stereocenters. The van der Waals surface area contributed by atoms with Crippen molar-refractivity contribution in [1.29, 1.82) is 0 Å². The van der Waals surface area contributed by atoms with Crippen LogP contribution in [-0.2, 0) is 10.0 Å². The Labute approximate surface area is 109 Å². The Balaban J connectivity index is 2.11. The van der Waals surface area contributed by atoms with E-state index in [0.29, 0.717) is 12.3 Å². The van der Waals surface area contributed by atoms with Gasteiger partial charge in [-0.3, -0.25) is 0 Å². The smallest absolute Gasteiger partial charge is 0.209 e. The van der Waals surface area contributed by atoms with Crippen LogP contribution in [0.25, 0.3) is 0 Å². The van der Waals surface area contributed by atoms with E-state index in [9.17, 15) is 18.6 Å². The second-order valence-electron chi connectivity index (χ2n) is 5.77. The maximum absolute atomic E-state index is 11.4. The van der Waals surface area contributed by atoms with E-state index in [1.54, 1.807) is 0 Å². The van der Waals surface area contributed by atoms with E-state index in [2.05, 4.69) is 4.72 Å². The first-order valence-corrected chi connectivity index (χ1v) is 8.61. The van der Waals surface area contributed by atoms with Gasteiger partial charge in [-0.2, -0.15) is 0 Å². The third-order valence-corrected chi connectivity index (χ3v) is 5.04. The van der Waals surface area contributed by atoms with Gasteiger partial charge in [0.2, 0.25) is 10.0 Å². The molecule has 106 valence electrons. The molecule has 18 heavy (non-hydrogen) atoms. The van der Waals surface area contributed by atoms with E-state index < -0.39 is 28.3 Å². The lowest BCUT2D eigenvalue weighted by Gasteiger charge is -2.32. The van der Waals surface area contributed by atoms with Crippen LogP contribution in [0.15, 0.2) is 0 Å². The van der Waals surface area contributed by atoms with Gasteiger partial charge in [0.05, 0.1) is 24.5 Å². The summed E-state index contributed by atoms with van der Waals surface area (Å²) >= 11 is 0. The van der Waals surface area contributed by atoms with Crippen molar-refractivity contribution < 1.29 is 18.6 Å². The number of hydrogen-bond acceptors (Lipinski definition) is 4. The van der Waals surface area contributed by atoms with Crippen molar-refractivity contribution in [3.8, 4) is 0 Å². The summed E-state index contributed by atoms with van der Waals surface area (Å²) < 4.78 is 25.2. The summed E-state index contributed by atoms with van der Waals surface area (Å²) in [6, 6.07) is -0.530. The number of nitrogens with one attached hydrogen (secondary N) is 1. The highest BCUT2D eigenvalue weighted by Gasteiger charge is 2.46. The molecular formula is C12H23NO4S. The van der Waals surface area contributed by atoms with Gasteiger partial charge >= 0.3 is 0 Å². The largest absolute Gasteiger partial charge is 0.390 e. The minimum atomic E-state index is -3.36. The van der Waals surface area contributed by atoms with Crippen LogP contribution < -0.4 is 4.72 Å². The Hall–Kier alpha value is -0.170. The monoisotopic (exact) mass is 277 g/mol. The van der Waals surface area contributed by atoms with E-state index in [1.807, 2.05) is 0 Å². The van der Waals surface area contributed by atoms with Crippen molar-refractivity contribution in [2.75, 3.05) is 6.26 Å². The van der Waals surface area contributed by atoms with Crippen LogP contribution in [0.1, 0.15) is 38.5 Å². The van der Waals surface area contributed by atoms with E-state index >= 15 is 0 Å². The first kappa shape index (κ1) is 14.2. The molecule has 0 aromatic heterocycles. The predicted octanol–water partition coefficient (Wildman–Crippen LogP) is 0.226. The van der Waals surface area contributed by atoms with Crippen LogP contribution in [0.5, 0.6) is 0 Å². The van der Waals surface area contributed by atoms with Crippen molar-refractivity contribution in [1.82, 2.24) is 4.72 Å². The van der Waals surface area contributed by atoms with Gasteiger partial charge in [0.25, 0.3) is 0 Å². The van der Waals surface area contributed by atoms with Gasteiger partial charge in [0.1, 0.15) is 0 Å². The lowest BCUT2D eigenvalue weighted by atomic mass is 9.77. The molecule has 2 fully saturated rings. The van der Waals surface area contributed by atoms with Crippen LogP contribution in [0.3, 0.4) is 0 Å². The average Bonchev–Trinajstić information content (AvgIpc) is 2.57. The summed E-state index contributed by atoms with van der Waals surface area (Å²) in [4.78, 5) is 0. The molecule has 0 heterocycles. The third-order valence-electron chi connectivity index (χ3n) is 4.34. The average molecular weight is 277 g/mol. The molecule has 0 aromatic carbocycles. The van der Waals surface area contributed by atoms with Crippen molar-refractivity contribution in [3.05, 3.63) is 0 Å². The molecule has 2 rings (SSSR count). The number of aliphatic hydroxyl groups excluding tert-OH is 2. The number of rotatable bonds is 3. The van der Waals surface area contributed by atoms with Crippen molar-refractivity contribution in [3.63, 3.8) is 0 Å². The Kier molecular flexibility index (Phi) is 4.31. The third kappa shape index (κ3) is 3.23. The van der Waals surface area contributed by atoms with Crippen LogP contribution >= 0.6 is 0 Å². The van der Waals surface area contributed by atoms with Gasteiger partial charge in [-0.05, 0) is 18.3 Å². The Morgan fingerprint density at radius 2 is 1.72 bits per heavy atom. The lowest BCUT2D eigenvalue weighted by Crippen LogP contribution is -2.47. The summed E-state index contributed by atoms with van der Waals surface area (Å²) in [6.07, 6.45) is 5.53. The zero-order valence-corrected chi connectivity index (χ0v) is 11.6. The number of aliphatic hydroxyl groups is 2. The molecule has 0 amide bonds. The van der Waals surface area contributed by atoms with Gasteiger partial charge in [0.15, 0.2) is 0 Å². The molecule has 3 N–H and O–H groups in total. The van der Waals surface area contributed by atoms with Gasteiger partial charge in [0, 0.05) is 0 Å². The van der Waals surface area contributed by atoms with Crippen molar-refractivity contribution in [2.24, 2.45) is 11.8 Å². The topological polar surface area (TPSA) is 86.6 Å². The molecule has 0 saturated heterocycles. The lowest BCUT2D eigenvalue weighted by molar-refractivity contribution is 0.0332. The Bertz CT molecular complexity index is 378. The number of hydrogen-bond donors (Lipinski definition) is 3. The number of sulfonamides is 1. The normalized spacial score (nSPS) is 39.1. The molecule has 0 aliphatic heterocycles. The van der Waals surface area contributed by atoms with Crippen LogP contribution in [0.2, 0.25) is 0 Å². The fourth-order valence-electron chi connectivity index (χ4n) is 3.51. The molecule has 0 radical (unpaired) electrons. The van der Waals surface area contributed by atoms with Crippen LogP contribution in [0, 0.1) is 11.8 Å². The van der Waals surface area contributed by atoms with Gasteiger partial charge in [-0.15, -0.1) is 0 Å². The summed E-state index contributed by atoms with van der Waals surface area (Å²) in [6.45, 7) is 0. The van der Waals surface area contributed by atoms with E-state index in [4.69, 9.17) is 0 Å². The second-order valence-corrected chi connectivity index (χ2v) is 7.55. The van der Waals surface area contributed by atoms with Crippen LogP contribution in [-0.4, -0.2) is 43.1 Å². The Morgan fingerprint density at radius 3 is 2.28 bits per heavy atom. The molecule has 2 saturated carbocycles. The maximum atomic E-state index is 11.4. The van der Waals surface area contributed by atoms with Gasteiger partial charge in [-0.25, -0.2) is 13.1 Å². The van der Waals surface area contributed by atoms with E-state index in [1.165, 1.54) is 19.3 Å². The molecule has 0 bridgehead atoms. The second kappa shape index (κ2) is 5.45. The van der Waals surface area contributed by atoms with Crippen molar-refractivity contribution >= 4 is 10.0 Å². The fourth-order valence-corrected chi connectivity index (χ4v) is 4.32. The molecule has 2 aliphatic rings. The summed E-state index contributed by atoms with van der Waals surface area (Å²) in [7, 11) is -3.36. The standard InChI is InChI=1S/C12H23NO4S/c1-18(16,17)13-11-9(7-10(14)12(11)15)8-5-3-2-4-6-8/h8-15H,2-7H2,1H3/t9-,10-,11-,12-/m1/s1. The fraction of sp³-hybridized carbons (Fsp3) is 1.00. The zero-order valence-electron chi connectivity index (χ0n) is 10.7. The highest BCUT2D eigenvalue weighted by atomic mass is 32.2. The molecule has 6 heteroatoms. The SMILES string of the molecule is CS(=O)(=O)N[C@H]1[C@H](O)[C@H](O)C[C@@H]1C1CCCCC1. The summed E-state index contributed by atoms with van der Waals surface area (Å²) in [5.41, 5.74) is 0. The molecule has 5 nitrogen and oxygen atoms in total. The summed E-state index contributed by atoms with van der Waals surface area (Å²) in [5.74, 6) is 0.481. The molecule has 0 spiro atoms. The first-order chi connectivity index (χ1) is 8.38. The zero-order chi connectivity index (χ0) is 13.3. The Morgan fingerprint density at radius 1 is 1.11 bits per heavy atom. The van der Waals surface area contributed by atoms with Gasteiger partial charge < -0.3 is 10.2 Å².